The number of carboxylic acid groups (broad SMARTS) is 1. The molecule has 19 heavy (non-hydrogen) atoms. The molecule has 1 heterocycles. The topological polar surface area (TPSA) is 117 Å². The van der Waals surface area contributed by atoms with E-state index in [1.807, 2.05) is 6.92 Å². The minimum Gasteiger partial charge on any atom is -0.480 e. The number of carbonyl (C=O) groups is 2. The molecule has 0 bridgehead atoms. The normalized spacial score (nSPS) is 13.6. The molecule has 1 rings (SSSR count). The van der Waals surface area contributed by atoms with Gasteiger partial charge in [0, 0.05) is 11.9 Å². The molecule has 2 atom stereocenters. The molecule has 0 radical (unpaired) electrons. The second kappa shape index (κ2) is 7.05. The van der Waals surface area contributed by atoms with Gasteiger partial charge in [0.25, 0.3) is 0 Å². The van der Waals surface area contributed by atoms with E-state index < -0.39 is 18.1 Å². The van der Waals surface area contributed by atoms with Crippen LogP contribution < -0.4 is 16.4 Å². The highest BCUT2D eigenvalue weighted by Gasteiger charge is 2.19. The van der Waals surface area contributed by atoms with Gasteiger partial charge in [-0.05, 0) is 13.3 Å². The van der Waals surface area contributed by atoms with Gasteiger partial charge in [0.15, 0.2) is 5.13 Å². The molecule has 1 amide bonds. The number of amides is 1. The van der Waals surface area contributed by atoms with E-state index in [2.05, 4.69) is 15.6 Å². The van der Waals surface area contributed by atoms with Crippen LogP contribution >= 0.6 is 11.3 Å². The van der Waals surface area contributed by atoms with Crippen molar-refractivity contribution in [1.82, 2.24) is 10.3 Å². The van der Waals surface area contributed by atoms with Crippen LogP contribution in [0, 0.1) is 0 Å². The van der Waals surface area contributed by atoms with Crippen molar-refractivity contribution in [2.75, 3.05) is 11.9 Å². The number of carbonyl (C=O) groups excluding carboxylic acids is 1. The SMILES string of the molecule is CCCNC(=O)C(C)Nc1nc(C(N)C(=O)O)cs1. The third-order valence-electron chi connectivity index (χ3n) is 2.39. The summed E-state index contributed by atoms with van der Waals surface area (Å²) >= 11 is 1.22. The molecule has 0 saturated carbocycles. The lowest BCUT2D eigenvalue weighted by Gasteiger charge is -2.12. The van der Waals surface area contributed by atoms with Gasteiger partial charge in [0.05, 0.1) is 5.69 Å². The number of nitrogens with zero attached hydrogens (tertiary/aromatic N) is 1. The number of carboxylic acids is 1. The Labute approximate surface area is 115 Å². The Bertz CT molecular complexity index is 449. The molecule has 0 aliphatic rings. The van der Waals surface area contributed by atoms with Crippen LogP contribution in [0.25, 0.3) is 0 Å². The van der Waals surface area contributed by atoms with Crippen LogP contribution in [-0.2, 0) is 9.59 Å². The molecule has 8 heteroatoms. The first-order chi connectivity index (χ1) is 8.95. The van der Waals surface area contributed by atoms with Crippen LogP contribution in [0.5, 0.6) is 0 Å². The third kappa shape index (κ3) is 4.49. The Morgan fingerprint density at radius 2 is 2.26 bits per heavy atom. The zero-order valence-corrected chi connectivity index (χ0v) is 11.7. The number of hydrogen-bond acceptors (Lipinski definition) is 6. The number of anilines is 1. The summed E-state index contributed by atoms with van der Waals surface area (Å²) in [7, 11) is 0. The van der Waals surface area contributed by atoms with Gasteiger partial charge >= 0.3 is 5.97 Å². The third-order valence-corrected chi connectivity index (χ3v) is 3.18. The van der Waals surface area contributed by atoms with Gasteiger partial charge in [-0.3, -0.25) is 9.59 Å². The van der Waals surface area contributed by atoms with Crippen LogP contribution in [0.3, 0.4) is 0 Å². The smallest absolute Gasteiger partial charge is 0.326 e. The van der Waals surface area contributed by atoms with Crippen molar-refractivity contribution in [2.45, 2.75) is 32.4 Å². The first-order valence-corrected chi connectivity index (χ1v) is 6.81. The summed E-state index contributed by atoms with van der Waals surface area (Å²) in [4.78, 5) is 26.4. The molecule has 1 aromatic rings. The monoisotopic (exact) mass is 286 g/mol. The number of nitrogens with two attached hydrogens (primary N) is 1. The van der Waals surface area contributed by atoms with Crippen LogP contribution in [0.4, 0.5) is 5.13 Å². The van der Waals surface area contributed by atoms with Crippen LogP contribution in [-0.4, -0.2) is 34.6 Å². The van der Waals surface area contributed by atoms with E-state index in [0.717, 1.165) is 6.42 Å². The van der Waals surface area contributed by atoms with Crippen molar-refractivity contribution in [3.63, 3.8) is 0 Å². The van der Waals surface area contributed by atoms with Gasteiger partial charge < -0.3 is 21.5 Å². The van der Waals surface area contributed by atoms with Gasteiger partial charge in [-0.1, -0.05) is 6.92 Å². The highest BCUT2D eigenvalue weighted by Crippen LogP contribution is 2.20. The molecule has 0 spiro atoms. The van der Waals surface area contributed by atoms with E-state index in [1.165, 1.54) is 11.3 Å². The van der Waals surface area contributed by atoms with Gasteiger partial charge in [-0.2, -0.15) is 0 Å². The maximum atomic E-state index is 11.6. The van der Waals surface area contributed by atoms with Crippen LogP contribution in [0.2, 0.25) is 0 Å². The summed E-state index contributed by atoms with van der Waals surface area (Å²) in [6.45, 7) is 4.31. The number of rotatable bonds is 7. The van der Waals surface area contributed by atoms with E-state index in [0.29, 0.717) is 11.7 Å². The Balaban J connectivity index is 2.58. The standard InChI is InChI=1S/C11H18N4O3S/c1-3-4-13-9(16)6(2)14-11-15-7(5-19-11)8(12)10(17)18/h5-6,8H,3-4,12H2,1-2H3,(H,13,16)(H,14,15)(H,17,18). The number of hydrogen-bond donors (Lipinski definition) is 4. The highest BCUT2D eigenvalue weighted by molar-refractivity contribution is 7.13. The summed E-state index contributed by atoms with van der Waals surface area (Å²) in [5, 5.41) is 16.5. The molecule has 0 aliphatic heterocycles. The maximum Gasteiger partial charge on any atom is 0.326 e. The van der Waals surface area contributed by atoms with Crippen LogP contribution in [0.15, 0.2) is 5.38 Å². The fourth-order valence-corrected chi connectivity index (χ4v) is 2.11. The van der Waals surface area contributed by atoms with Crippen molar-refractivity contribution in [2.24, 2.45) is 5.73 Å². The predicted octanol–water partition coefficient (Wildman–Crippen LogP) is 0.554. The average molecular weight is 286 g/mol. The number of nitrogens with one attached hydrogen (secondary N) is 2. The fourth-order valence-electron chi connectivity index (χ4n) is 1.27. The van der Waals surface area contributed by atoms with E-state index in [-0.39, 0.29) is 11.6 Å². The molecule has 7 nitrogen and oxygen atoms in total. The lowest BCUT2D eigenvalue weighted by Crippen LogP contribution is -2.37. The molecule has 2 unspecified atom stereocenters. The van der Waals surface area contributed by atoms with E-state index in [1.54, 1.807) is 12.3 Å². The van der Waals surface area contributed by atoms with Crippen molar-refractivity contribution in [3.05, 3.63) is 11.1 Å². The average Bonchev–Trinajstić information content (AvgIpc) is 2.83. The Hall–Kier alpha value is -1.67. The predicted molar refractivity (Wildman–Crippen MR) is 73.1 cm³/mol. The molecule has 1 aromatic heterocycles. The fraction of sp³-hybridized carbons (Fsp3) is 0.545. The largest absolute Gasteiger partial charge is 0.480 e. The molecule has 106 valence electrons. The van der Waals surface area contributed by atoms with E-state index in [4.69, 9.17) is 10.8 Å². The minimum atomic E-state index is -1.14. The molecular weight excluding hydrogens is 268 g/mol. The second-order valence-electron chi connectivity index (χ2n) is 4.05. The van der Waals surface area contributed by atoms with Crippen molar-refractivity contribution in [1.29, 1.82) is 0 Å². The van der Waals surface area contributed by atoms with E-state index in [9.17, 15) is 9.59 Å². The lowest BCUT2D eigenvalue weighted by atomic mass is 10.2. The maximum absolute atomic E-state index is 11.6. The highest BCUT2D eigenvalue weighted by atomic mass is 32.1. The molecule has 5 N–H and O–H groups in total. The molecule has 0 aliphatic carbocycles. The van der Waals surface area contributed by atoms with E-state index >= 15 is 0 Å². The number of thiazole rings is 1. The van der Waals surface area contributed by atoms with Gasteiger partial charge in [0.1, 0.15) is 12.1 Å². The number of aromatic nitrogens is 1. The van der Waals surface area contributed by atoms with Gasteiger partial charge in [-0.25, -0.2) is 4.98 Å². The molecular formula is C11H18N4O3S. The first-order valence-electron chi connectivity index (χ1n) is 5.93. The quantitative estimate of drug-likeness (QED) is 0.581. The van der Waals surface area contributed by atoms with Crippen molar-refractivity contribution in [3.8, 4) is 0 Å². The van der Waals surface area contributed by atoms with Gasteiger partial charge in [0.2, 0.25) is 5.91 Å². The summed E-state index contributed by atoms with van der Waals surface area (Å²) in [5.74, 6) is -1.26. The minimum absolute atomic E-state index is 0.124. The second-order valence-corrected chi connectivity index (χ2v) is 4.91. The lowest BCUT2D eigenvalue weighted by molar-refractivity contribution is -0.138. The van der Waals surface area contributed by atoms with Crippen molar-refractivity contribution < 1.29 is 14.7 Å². The zero-order chi connectivity index (χ0) is 14.4. The van der Waals surface area contributed by atoms with Gasteiger partial charge in [-0.15, -0.1) is 11.3 Å². The molecule has 0 saturated heterocycles. The number of aliphatic carboxylic acids is 1. The molecule has 0 fully saturated rings. The Morgan fingerprint density at radius 1 is 1.58 bits per heavy atom. The van der Waals surface area contributed by atoms with Crippen LogP contribution in [0.1, 0.15) is 32.0 Å². The Morgan fingerprint density at radius 3 is 2.84 bits per heavy atom. The summed E-state index contributed by atoms with van der Waals surface area (Å²) in [5.41, 5.74) is 5.72. The summed E-state index contributed by atoms with van der Waals surface area (Å²) in [6.07, 6.45) is 0.868. The molecule has 0 aromatic carbocycles. The zero-order valence-electron chi connectivity index (χ0n) is 10.8. The van der Waals surface area contributed by atoms with Crippen molar-refractivity contribution >= 4 is 28.3 Å². The summed E-state index contributed by atoms with van der Waals surface area (Å²) < 4.78 is 0. The summed E-state index contributed by atoms with van der Waals surface area (Å²) in [6, 6.07) is -1.58. The Kier molecular flexibility index (Phi) is 5.71. The first kappa shape index (κ1) is 15.4.